The molecule has 1 fully saturated rings. The van der Waals surface area contributed by atoms with Gasteiger partial charge in [0.25, 0.3) is 0 Å². The molecule has 1 aromatic carbocycles. The molecule has 0 unspecified atom stereocenters. The molecule has 0 amide bonds. The SMILES string of the molecule is CC(C)(C)OC(=O)C1(CCCSc2nc3ccccc3s2)CC1. The average Bonchev–Trinajstić information content (AvgIpc) is 3.14. The minimum atomic E-state index is -0.386. The van der Waals surface area contributed by atoms with Crippen LogP contribution in [0.3, 0.4) is 0 Å². The van der Waals surface area contributed by atoms with Crippen molar-refractivity contribution in [3.63, 3.8) is 0 Å². The summed E-state index contributed by atoms with van der Waals surface area (Å²) in [5.74, 6) is 1.000. The largest absolute Gasteiger partial charge is 0.460 e. The van der Waals surface area contributed by atoms with Gasteiger partial charge >= 0.3 is 5.97 Å². The second kappa shape index (κ2) is 6.44. The molecule has 1 aromatic heterocycles. The first kappa shape index (κ1) is 16.8. The minimum absolute atomic E-state index is 0.00464. The molecular formula is C18H23NO2S2. The topological polar surface area (TPSA) is 39.2 Å². The number of aromatic nitrogens is 1. The number of esters is 1. The van der Waals surface area contributed by atoms with Crippen molar-refractivity contribution >= 4 is 39.3 Å². The lowest BCUT2D eigenvalue weighted by Crippen LogP contribution is -2.29. The van der Waals surface area contributed by atoms with Gasteiger partial charge in [-0.1, -0.05) is 23.9 Å². The molecule has 0 atom stereocenters. The van der Waals surface area contributed by atoms with E-state index in [2.05, 4.69) is 17.1 Å². The van der Waals surface area contributed by atoms with Crippen molar-refractivity contribution < 1.29 is 9.53 Å². The van der Waals surface area contributed by atoms with Gasteiger partial charge in [-0.2, -0.15) is 0 Å². The van der Waals surface area contributed by atoms with Crippen LogP contribution in [0, 0.1) is 5.41 Å². The fourth-order valence-electron chi connectivity index (χ4n) is 2.58. The third kappa shape index (κ3) is 4.27. The minimum Gasteiger partial charge on any atom is -0.460 e. The Morgan fingerprint density at radius 1 is 1.35 bits per heavy atom. The Morgan fingerprint density at radius 3 is 2.74 bits per heavy atom. The Bertz CT molecular complexity index is 665. The van der Waals surface area contributed by atoms with E-state index in [4.69, 9.17) is 4.74 Å². The van der Waals surface area contributed by atoms with E-state index in [1.807, 2.05) is 32.9 Å². The number of thiazole rings is 1. The van der Waals surface area contributed by atoms with Crippen molar-refractivity contribution in [2.45, 2.75) is 56.4 Å². The highest BCUT2D eigenvalue weighted by Gasteiger charge is 2.51. The summed E-state index contributed by atoms with van der Waals surface area (Å²) in [7, 11) is 0. The van der Waals surface area contributed by atoms with Crippen LogP contribution in [0.5, 0.6) is 0 Å². The van der Waals surface area contributed by atoms with Crippen LogP contribution in [-0.4, -0.2) is 22.3 Å². The molecule has 0 bridgehead atoms. The molecule has 0 spiro atoms. The highest BCUT2D eigenvalue weighted by Crippen LogP contribution is 2.51. The highest BCUT2D eigenvalue weighted by molar-refractivity contribution is 8.01. The molecule has 1 saturated carbocycles. The van der Waals surface area contributed by atoms with E-state index in [-0.39, 0.29) is 17.0 Å². The predicted octanol–water partition coefficient (Wildman–Crippen LogP) is 5.29. The van der Waals surface area contributed by atoms with E-state index in [0.29, 0.717) is 0 Å². The van der Waals surface area contributed by atoms with Gasteiger partial charge in [0.15, 0.2) is 4.34 Å². The van der Waals surface area contributed by atoms with Crippen molar-refractivity contribution in [2.24, 2.45) is 5.41 Å². The first-order valence-corrected chi connectivity index (χ1v) is 9.90. The number of hydrogen-bond acceptors (Lipinski definition) is 5. The number of rotatable bonds is 6. The molecule has 0 radical (unpaired) electrons. The number of benzene rings is 1. The number of thioether (sulfide) groups is 1. The van der Waals surface area contributed by atoms with Crippen LogP contribution in [0.2, 0.25) is 0 Å². The van der Waals surface area contributed by atoms with E-state index in [0.717, 1.165) is 41.3 Å². The Balaban J connectivity index is 1.47. The van der Waals surface area contributed by atoms with Crippen molar-refractivity contribution in [3.8, 4) is 0 Å². The van der Waals surface area contributed by atoms with E-state index >= 15 is 0 Å². The number of carbonyl (C=O) groups excluding carboxylic acids is 1. The first-order valence-electron chi connectivity index (χ1n) is 8.10. The summed E-state index contributed by atoms with van der Waals surface area (Å²) < 4.78 is 7.92. The standard InChI is InChI=1S/C18H23NO2S2/c1-17(2,3)21-15(20)18(10-11-18)9-6-12-22-16-19-13-7-4-5-8-14(13)23-16/h4-5,7-8H,6,9-12H2,1-3H3. The molecule has 5 heteroatoms. The maximum atomic E-state index is 12.3. The van der Waals surface area contributed by atoms with E-state index in [9.17, 15) is 4.79 Å². The second-order valence-electron chi connectivity index (χ2n) is 7.18. The zero-order valence-electron chi connectivity index (χ0n) is 13.9. The van der Waals surface area contributed by atoms with Crippen LogP contribution >= 0.6 is 23.1 Å². The van der Waals surface area contributed by atoms with Crippen molar-refractivity contribution in [1.29, 1.82) is 0 Å². The molecule has 1 aliphatic rings. The molecule has 2 aromatic rings. The summed E-state index contributed by atoms with van der Waals surface area (Å²) in [4.78, 5) is 16.9. The number of fused-ring (bicyclic) bond motifs is 1. The normalized spacial score (nSPS) is 16.5. The van der Waals surface area contributed by atoms with Crippen LogP contribution in [0.25, 0.3) is 10.2 Å². The third-order valence-electron chi connectivity index (χ3n) is 3.98. The Hall–Kier alpha value is -1.07. The predicted molar refractivity (Wildman–Crippen MR) is 97.1 cm³/mol. The summed E-state index contributed by atoms with van der Waals surface area (Å²) in [5, 5.41) is 0. The summed E-state index contributed by atoms with van der Waals surface area (Å²) in [6.07, 6.45) is 3.92. The second-order valence-corrected chi connectivity index (χ2v) is 9.55. The zero-order chi connectivity index (χ0) is 16.5. The van der Waals surface area contributed by atoms with Crippen LogP contribution in [-0.2, 0) is 9.53 Å². The fraction of sp³-hybridized carbons (Fsp3) is 0.556. The summed E-state index contributed by atoms with van der Waals surface area (Å²) >= 11 is 3.54. The number of para-hydroxylation sites is 1. The summed E-state index contributed by atoms with van der Waals surface area (Å²) in [6, 6.07) is 8.23. The number of ether oxygens (including phenoxy) is 1. The Kier molecular flexibility index (Phi) is 4.70. The van der Waals surface area contributed by atoms with Crippen molar-refractivity contribution in [1.82, 2.24) is 4.98 Å². The Morgan fingerprint density at radius 2 is 2.09 bits per heavy atom. The van der Waals surface area contributed by atoms with Gasteiger partial charge in [0.05, 0.1) is 15.6 Å². The molecule has 23 heavy (non-hydrogen) atoms. The lowest BCUT2D eigenvalue weighted by atomic mass is 10.0. The molecule has 3 nitrogen and oxygen atoms in total. The lowest BCUT2D eigenvalue weighted by Gasteiger charge is -2.23. The van der Waals surface area contributed by atoms with Crippen LogP contribution < -0.4 is 0 Å². The maximum Gasteiger partial charge on any atom is 0.312 e. The number of carbonyl (C=O) groups is 1. The lowest BCUT2D eigenvalue weighted by molar-refractivity contribution is -0.162. The smallest absolute Gasteiger partial charge is 0.312 e. The summed E-state index contributed by atoms with van der Waals surface area (Å²) in [5.41, 5.74) is 0.497. The van der Waals surface area contributed by atoms with Crippen molar-refractivity contribution in [3.05, 3.63) is 24.3 Å². The zero-order valence-corrected chi connectivity index (χ0v) is 15.6. The van der Waals surface area contributed by atoms with E-state index < -0.39 is 0 Å². The fourth-order valence-corrected chi connectivity index (χ4v) is 4.65. The van der Waals surface area contributed by atoms with Crippen molar-refractivity contribution in [2.75, 3.05) is 5.75 Å². The number of hydrogen-bond donors (Lipinski definition) is 0. The van der Waals surface area contributed by atoms with Gasteiger partial charge in [0.2, 0.25) is 0 Å². The molecule has 3 rings (SSSR count). The molecular weight excluding hydrogens is 326 g/mol. The maximum absolute atomic E-state index is 12.3. The third-order valence-corrected chi connectivity index (χ3v) is 6.25. The first-order chi connectivity index (χ1) is 10.9. The van der Waals surface area contributed by atoms with Gasteiger partial charge in [0, 0.05) is 5.75 Å². The van der Waals surface area contributed by atoms with E-state index in [1.165, 1.54) is 4.70 Å². The molecule has 1 aliphatic carbocycles. The summed E-state index contributed by atoms with van der Waals surface area (Å²) in [6.45, 7) is 5.80. The Labute approximate surface area is 145 Å². The monoisotopic (exact) mass is 349 g/mol. The molecule has 0 N–H and O–H groups in total. The van der Waals surface area contributed by atoms with E-state index in [1.54, 1.807) is 23.1 Å². The van der Waals surface area contributed by atoms with Crippen LogP contribution in [0.1, 0.15) is 46.5 Å². The van der Waals surface area contributed by atoms with Gasteiger partial charge in [-0.15, -0.1) is 11.3 Å². The molecule has 1 heterocycles. The highest BCUT2D eigenvalue weighted by atomic mass is 32.2. The van der Waals surface area contributed by atoms with Gasteiger partial charge < -0.3 is 4.74 Å². The van der Waals surface area contributed by atoms with Crippen LogP contribution in [0.4, 0.5) is 0 Å². The molecule has 0 saturated heterocycles. The molecule has 124 valence electrons. The number of nitrogens with zero attached hydrogens (tertiary/aromatic N) is 1. The molecule has 0 aliphatic heterocycles. The van der Waals surface area contributed by atoms with Gasteiger partial charge in [-0.25, -0.2) is 4.98 Å². The quantitative estimate of drug-likeness (QED) is 0.403. The van der Waals surface area contributed by atoms with Crippen LogP contribution in [0.15, 0.2) is 28.6 Å². The average molecular weight is 350 g/mol. The van der Waals surface area contributed by atoms with Gasteiger partial charge in [-0.05, 0) is 58.6 Å². The van der Waals surface area contributed by atoms with Gasteiger partial charge in [0.1, 0.15) is 5.60 Å². The van der Waals surface area contributed by atoms with Gasteiger partial charge in [-0.3, -0.25) is 4.79 Å².